The second-order valence-electron chi connectivity index (χ2n) is 3.90. The van der Waals surface area contributed by atoms with Crippen LogP contribution < -0.4 is 5.32 Å². The molecule has 84 valence electrons. The van der Waals surface area contributed by atoms with E-state index < -0.39 is 0 Å². The Hall–Kier alpha value is -1.02. The molecular formula is C13H21NO. The molecule has 2 heteroatoms. The number of hydrogen-bond donors (Lipinski definition) is 1. The smallest absolute Gasteiger partial charge is 0.0638 e. The first-order chi connectivity index (χ1) is 7.15. The van der Waals surface area contributed by atoms with E-state index in [-0.39, 0.29) is 0 Å². The van der Waals surface area contributed by atoms with E-state index in [2.05, 4.69) is 38.2 Å². The molecule has 1 N–H and O–H groups in total. The molecule has 0 amide bonds. The third-order valence-electron chi connectivity index (χ3n) is 2.43. The first-order valence-electron chi connectivity index (χ1n) is 5.54. The molecule has 1 aromatic carbocycles. The SMILES string of the molecule is CCOCCNc1c(C)cc(C)cc1C. The van der Waals surface area contributed by atoms with Crippen LogP contribution in [0.15, 0.2) is 12.1 Å². The normalized spacial score (nSPS) is 10.4. The maximum atomic E-state index is 5.30. The van der Waals surface area contributed by atoms with Crippen molar-refractivity contribution < 1.29 is 4.74 Å². The summed E-state index contributed by atoms with van der Waals surface area (Å²) in [5.74, 6) is 0. The second kappa shape index (κ2) is 5.76. The van der Waals surface area contributed by atoms with Crippen LogP contribution >= 0.6 is 0 Å². The van der Waals surface area contributed by atoms with Gasteiger partial charge in [0, 0.05) is 18.8 Å². The standard InChI is InChI=1S/C13H21NO/c1-5-15-7-6-14-13-11(3)8-10(2)9-12(13)4/h8-9,14H,5-7H2,1-4H3. The first-order valence-corrected chi connectivity index (χ1v) is 5.54. The maximum absolute atomic E-state index is 5.30. The van der Waals surface area contributed by atoms with Gasteiger partial charge in [-0.25, -0.2) is 0 Å². The molecule has 0 aliphatic carbocycles. The summed E-state index contributed by atoms with van der Waals surface area (Å²) >= 11 is 0. The van der Waals surface area contributed by atoms with Crippen LogP contribution in [0.3, 0.4) is 0 Å². The lowest BCUT2D eigenvalue weighted by Crippen LogP contribution is -2.11. The molecule has 0 aliphatic heterocycles. The van der Waals surface area contributed by atoms with Gasteiger partial charge in [-0.1, -0.05) is 17.7 Å². The van der Waals surface area contributed by atoms with Crippen molar-refractivity contribution >= 4 is 5.69 Å². The summed E-state index contributed by atoms with van der Waals surface area (Å²) < 4.78 is 5.30. The lowest BCUT2D eigenvalue weighted by Gasteiger charge is -2.13. The summed E-state index contributed by atoms with van der Waals surface area (Å²) in [5, 5.41) is 3.42. The van der Waals surface area contributed by atoms with Gasteiger partial charge in [-0.2, -0.15) is 0 Å². The Morgan fingerprint density at radius 1 is 1.13 bits per heavy atom. The van der Waals surface area contributed by atoms with Crippen LogP contribution in [-0.4, -0.2) is 19.8 Å². The minimum absolute atomic E-state index is 0.767. The van der Waals surface area contributed by atoms with Gasteiger partial charge in [0.1, 0.15) is 0 Å². The molecule has 0 bridgehead atoms. The minimum atomic E-state index is 0.767. The molecule has 0 unspecified atom stereocenters. The van der Waals surface area contributed by atoms with Crippen molar-refractivity contribution in [1.29, 1.82) is 0 Å². The molecule has 0 saturated heterocycles. The number of rotatable bonds is 5. The van der Waals surface area contributed by atoms with Crippen LogP contribution in [-0.2, 0) is 4.74 Å². The van der Waals surface area contributed by atoms with Crippen LogP contribution in [0.25, 0.3) is 0 Å². The van der Waals surface area contributed by atoms with Crippen LogP contribution in [0.1, 0.15) is 23.6 Å². The largest absolute Gasteiger partial charge is 0.382 e. The number of aryl methyl sites for hydroxylation is 3. The van der Waals surface area contributed by atoms with Gasteiger partial charge in [0.05, 0.1) is 6.61 Å². The van der Waals surface area contributed by atoms with Crippen LogP contribution in [0.2, 0.25) is 0 Å². The first kappa shape index (κ1) is 12.1. The van der Waals surface area contributed by atoms with Gasteiger partial charge in [0.2, 0.25) is 0 Å². The van der Waals surface area contributed by atoms with E-state index in [1.54, 1.807) is 0 Å². The van der Waals surface area contributed by atoms with E-state index in [9.17, 15) is 0 Å². The van der Waals surface area contributed by atoms with E-state index in [0.29, 0.717) is 0 Å². The maximum Gasteiger partial charge on any atom is 0.0638 e. The van der Waals surface area contributed by atoms with Gasteiger partial charge in [-0.05, 0) is 38.8 Å². The molecule has 0 aliphatic rings. The average Bonchev–Trinajstić information content (AvgIpc) is 2.15. The zero-order chi connectivity index (χ0) is 11.3. The highest BCUT2D eigenvalue weighted by Crippen LogP contribution is 2.21. The van der Waals surface area contributed by atoms with Crippen molar-refractivity contribution in [3.05, 3.63) is 28.8 Å². The Morgan fingerprint density at radius 2 is 1.73 bits per heavy atom. The van der Waals surface area contributed by atoms with Crippen molar-refractivity contribution in [2.24, 2.45) is 0 Å². The highest BCUT2D eigenvalue weighted by Gasteiger charge is 2.02. The van der Waals surface area contributed by atoms with Crippen LogP contribution in [0.4, 0.5) is 5.69 Å². The Balaban J connectivity index is 2.60. The Kier molecular flexibility index (Phi) is 4.63. The van der Waals surface area contributed by atoms with E-state index in [4.69, 9.17) is 4.74 Å². The molecule has 0 fully saturated rings. The van der Waals surface area contributed by atoms with E-state index in [1.807, 2.05) is 6.92 Å². The van der Waals surface area contributed by atoms with Gasteiger partial charge in [0.15, 0.2) is 0 Å². The van der Waals surface area contributed by atoms with Crippen molar-refractivity contribution in [1.82, 2.24) is 0 Å². The van der Waals surface area contributed by atoms with Crippen molar-refractivity contribution in [3.63, 3.8) is 0 Å². The molecule has 0 spiro atoms. The Morgan fingerprint density at radius 3 is 2.27 bits per heavy atom. The topological polar surface area (TPSA) is 21.3 Å². The molecule has 0 aromatic heterocycles. The summed E-state index contributed by atoms with van der Waals surface area (Å²) in [4.78, 5) is 0. The van der Waals surface area contributed by atoms with Crippen molar-refractivity contribution in [3.8, 4) is 0 Å². The molecular weight excluding hydrogens is 186 g/mol. The molecule has 1 rings (SSSR count). The summed E-state index contributed by atoms with van der Waals surface area (Å²) in [6.45, 7) is 10.9. The van der Waals surface area contributed by atoms with Crippen LogP contribution in [0, 0.1) is 20.8 Å². The quantitative estimate of drug-likeness (QED) is 0.749. The molecule has 15 heavy (non-hydrogen) atoms. The molecule has 2 nitrogen and oxygen atoms in total. The molecule has 0 atom stereocenters. The summed E-state index contributed by atoms with van der Waals surface area (Å²) in [7, 11) is 0. The van der Waals surface area contributed by atoms with E-state index in [0.717, 1.165) is 19.8 Å². The average molecular weight is 207 g/mol. The molecule has 0 saturated carbocycles. The third kappa shape index (κ3) is 3.56. The Bertz CT molecular complexity index is 297. The van der Waals surface area contributed by atoms with E-state index in [1.165, 1.54) is 22.4 Å². The van der Waals surface area contributed by atoms with Crippen molar-refractivity contribution in [2.75, 3.05) is 25.1 Å². The number of benzene rings is 1. The predicted octanol–water partition coefficient (Wildman–Crippen LogP) is 3.06. The fourth-order valence-electron chi connectivity index (χ4n) is 1.85. The molecule has 0 radical (unpaired) electrons. The highest BCUT2D eigenvalue weighted by atomic mass is 16.5. The fraction of sp³-hybridized carbons (Fsp3) is 0.538. The zero-order valence-electron chi connectivity index (χ0n) is 10.2. The number of anilines is 1. The molecule has 1 aromatic rings. The van der Waals surface area contributed by atoms with Gasteiger partial charge in [-0.15, -0.1) is 0 Å². The predicted molar refractivity (Wildman–Crippen MR) is 65.6 cm³/mol. The lowest BCUT2D eigenvalue weighted by atomic mass is 10.1. The third-order valence-corrected chi connectivity index (χ3v) is 2.43. The fourth-order valence-corrected chi connectivity index (χ4v) is 1.85. The zero-order valence-corrected chi connectivity index (χ0v) is 10.2. The number of ether oxygens (including phenoxy) is 1. The number of nitrogens with one attached hydrogen (secondary N) is 1. The highest BCUT2D eigenvalue weighted by molar-refractivity contribution is 5.58. The minimum Gasteiger partial charge on any atom is -0.382 e. The number of hydrogen-bond acceptors (Lipinski definition) is 2. The lowest BCUT2D eigenvalue weighted by molar-refractivity contribution is 0.158. The second-order valence-corrected chi connectivity index (χ2v) is 3.90. The summed E-state index contributed by atoms with van der Waals surface area (Å²) in [6, 6.07) is 4.41. The molecule has 0 heterocycles. The van der Waals surface area contributed by atoms with E-state index >= 15 is 0 Å². The van der Waals surface area contributed by atoms with Gasteiger partial charge < -0.3 is 10.1 Å². The monoisotopic (exact) mass is 207 g/mol. The summed E-state index contributed by atoms with van der Waals surface area (Å²) in [6.07, 6.45) is 0. The van der Waals surface area contributed by atoms with Crippen molar-refractivity contribution in [2.45, 2.75) is 27.7 Å². The van der Waals surface area contributed by atoms with Gasteiger partial charge >= 0.3 is 0 Å². The Labute approximate surface area is 92.6 Å². The van der Waals surface area contributed by atoms with Gasteiger partial charge in [0.25, 0.3) is 0 Å². The summed E-state index contributed by atoms with van der Waals surface area (Å²) in [5.41, 5.74) is 5.19. The van der Waals surface area contributed by atoms with Crippen LogP contribution in [0.5, 0.6) is 0 Å². The van der Waals surface area contributed by atoms with Gasteiger partial charge in [-0.3, -0.25) is 0 Å².